The maximum atomic E-state index is 12.5. The van der Waals surface area contributed by atoms with Crippen LogP contribution in [0.15, 0.2) is 41.3 Å². The van der Waals surface area contributed by atoms with Gasteiger partial charge in [0.25, 0.3) is 5.56 Å². The Morgan fingerprint density at radius 3 is 2.89 bits per heavy atom. The van der Waals surface area contributed by atoms with E-state index < -0.39 is 0 Å². The summed E-state index contributed by atoms with van der Waals surface area (Å²) in [6, 6.07) is 9.32. The molecule has 148 valence electrons. The van der Waals surface area contributed by atoms with Crippen molar-refractivity contribution < 1.29 is 9.53 Å². The van der Waals surface area contributed by atoms with E-state index in [0.717, 1.165) is 30.0 Å². The Morgan fingerprint density at radius 1 is 1.29 bits per heavy atom. The van der Waals surface area contributed by atoms with Crippen LogP contribution in [0, 0.1) is 11.8 Å². The summed E-state index contributed by atoms with van der Waals surface area (Å²) < 4.78 is 6.77. The minimum Gasteiger partial charge on any atom is -0.497 e. The van der Waals surface area contributed by atoms with Gasteiger partial charge in [-0.25, -0.2) is 4.68 Å². The molecule has 7 heteroatoms. The number of carbonyl (C=O) groups is 1. The summed E-state index contributed by atoms with van der Waals surface area (Å²) in [5.41, 5.74) is 1.75. The summed E-state index contributed by atoms with van der Waals surface area (Å²) >= 11 is 0. The van der Waals surface area contributed by atoms with Gasteiger partial charge < -0.3 is 15.0 Å². The molecule has 1 N–H and O–H groups in total. The van der Waals surface area contributed by atoms with Gasteiger partial charge in [-0.05, 0) is 42.9 Å². The monoisotopic (exact) mass is 382 g/mol. The van der Waals surface area contributed by atoms with Crippen LogP contribution in [0.2, 0.25) is 0 Å². The van der Waals surface area contributed by atoms with E-state index in [1.807, 2.05) is 24.3 Å². The normalized spacial score (nSPS) is 18.9. The number of nitrogens with one attached hydrogen (secondary N) is 1. The van der Waals surface area contributed by atoms with Gasteiger partial charge in [0.2, 0.25) is 5.91 Å². The number of methoxy groups -OCH3 is 1. The van der Waals surface area contributed by atoms with Crippen LogP contribution in [0.3, 0.4) is 0 Å². The lowest BCUT2D eigenvalue weighted by molar-refractivity contribution is -0.124. The smallest absolute Gasteiger partial charge is 0.268 e. The lowest BCUT2D eigenvalue weighted by Crippen LogP contribution is -2.33. The van der Waals surface area contributed by atoms with E-state index in [-0.39, 0.29) is 17.4 Å². The van der Waals surface area contributed by atoms with Gasteiger partial charge in [-0.2, -0.15) is 5.10 Å². The molecule has 1 aromatic heterocycles. The van der Waals surface area contributed by atoms with Crippen LogP contribution in [-0.4, -0.2) is 35.9 Å². The molecule has 1 saturated carbocycles. The van der Waals surface area contributed by atoms with Gasteiger partial charge >= 0.3 is 0 Å². The Kier molecular flexibility index (Phi) is 5.32. The second-order valence-electron chi connectivity index (χ2n) is 7.68. The Labute approximate surface area is 164 Å². The number of hydrogen-bond donors (Lipinski definition) is 1. The summed E-state index contributed by atoms with van der Waals surface area (Å²) in [5.74, 6) is 1.35. The average Bonchev–Trinajstić information content (AvgIpc) is 3.39. The molecule has 2 heterocycles. The quantitative estimate of drug-likeness (QED) is 0.790. The van der Waals surface area contributed by atoms with Crippen molar-refractivity contribution >= 4 is 11.6 Å². The lowest BCUT2D eigenvalue weighted by Gasteiger charge is -2.18. The molecule has 7 nitrogen and oxygen atoms in total. The van der Waals surface area contributed by atoms with Crippen molar-refractivity contribution in [2.24, 2.45) is 11.8 Å². The molecule has 0 spiro atoms. The van der Waals surface area contributed by atoms with Gasteiger partial charge in [0, 0.05) is 32.2 Å². The van der Waals surface area contributed by atoms with Gasteiger partial charge in [-0.1, -0.05) is 12.1 Å². The highest BCUT2D eigenvalue weighted by Gasteiger charge is 2.29. The molecule has 28 heavy (non-hydrogen) atoms. The molecule has 1 unspecified atom stereocenters. The van der Waals surface area contributed by atoms with E-state index >= 15 is 0 Å². The van der Waals surface area contributed by atoms with Crippen molar-refractivity contribution in [3.8, 4) is 5.75 Å². The SMILES string of the molecule is COc1cccc(CNC(=O)C2CCN(c3cnn(CC4CC4)c(=O)c3)C2)c1. The van der Waals surface area contributed by atoms with Crippen LogP contribution in [-0.2, 0) is 17.9 Å². The van der Waals surface area contributed by atoms with Crippen LogP contribution in [0.5, 0.6) is 5.75 Å². The first kappa shape index (κ1) is 18.5. The summed E-state index contributed by atoms with van der Waals surface area (Å²) in [6.45, 7) is 2.56. The molecule has 2 fully saturated rings. The first-order valence-corrected chi connectivity index (χ1v) is 9.85. The third-order valence-electron chi connectivity index (χ3n) is 5.51. The first-order valence-electron chi connectivity index (χ1n) is 9.85. The summed E-state index contributed by atoms with van der Waals surface area (Å²) in [7, 11) is 1.63. The molecule has 1 saturated heterocycles. The molecular weight excluding hydrogens is 356 g/mol. The second-order valence-corrected chi connectivity index (χ2v) is 7.68. The number of hydrogen-bond acceptors (Lipinski definition) is 5. The third-order valence-corrected chi connectivity index (χ3v) is 5.51. The first-order chi connectivity index (χ1) is 13.6. The third kappa shape index (κ3) is 4.35. The number of amides is 1. The molecule has 1 atom stereocenters. The minimum absolute atomic E-state index is 0.0420. The Hall–Kier alpha value is -2.83. The average molecular weight is 382 g/mol. The predicted molar refractivity (Wildman–Crippen MR) is 106 cm³/mol. The lowest BCUT2D eigenvalue weighted by atomic mass is 10.1. The van der Waals surface area contributed by atoms with Crippen LogP contribution in [0.1, 0.15) is 24.8 Å². The molecule has 2 aliphatic rings. The second kappa shape index (κ2) is 8.04. The van der Waals surface area contributed by atoms with Crippen molar-refractivity contribution in [3.05, 3.63) is 52.4 Å². The highest BCUT2D eigenvalue weighted by atomic mass is 16.5. The summed E-state index contributed by atoms with van der Waals surface area (Å²) in [6.07, 6.45) is 4.90. The Morgan fingerprint density at radius 2 is 2.14 bits per heavy atom. The van der Waals surface area contributed by atoms with E-state index in [0.29, 0.717) is 25.6 Å². The molecule has 0 bridgehead atoms. The Balaban J connectivity index is 1.32. The molecule has 1 aliphatic carbocycles. The minimum atomic E-state index is -0.0838. The van der Waals surface area contributed by atoms with Crippen molar-refractivity contribution in [2.45, 2.75) is 32.4 Å². The summed E-state index contributed by atoms with van der Waals surface area (Å²) in [5, 5.41) is 7.33. The zero-order valence-corrected chi connectivity index (χ0v) is 16.1. The van der Waals surface area contributed by atoms with E-state index in [2.05, 4.69) is 15.3 Å². The number of benzene rings is 1. The fourth-order valence-corrected chi connectivity index (χ4v) is 3.60. The van der Waals surface area contributed by atoms with E-state index in [1.54, 1.807) is 24.1 Å². The molecule has 1 aromatic carbocycles. The van der Waals surface area contributed by atoms with E-state index in [1.165, 1.54) is 12.8 Å². The zero-order chi connectivity index (χ0) is 19.5. The number of carbonyl (C=O) groups excluding carboxylic acids is 1. The summed E-state index contributed by atoms with van der Waals surface area (Å²) in [4.78, 5) is 26.9. The number of aromatic nitrogens is 2. The Bertz CT molecular complexity index is 907. The maximum Gasteiger partial charge on any atom is 0.268 e. The van der Waals surface area contributed by atoms with E-state index in [9.17, 15) is 9.59 Å². The molecule has 4 rings (SSSR count). The molecule has 1 aliphatic heterocycles. The van der Waals surface area contributed by atoms with Crippen molar-refractivity contribution in [1.29, 1.82) is 0 Å². The van der Waals surface area contributed by atoms with E-state index in [4.69, 9.17) is 4.74 Å². The zero-order valence-electron chi connectivity index (χ0n) is 16.1. The van der Waals surface area contributed by atoms with Crippen molar-refractivity contribution in [2.75, 3.05) is 25.1 Å². The van der Waals surface area contributed by atoms with Crippen LogP contribution in [0.4, 0.5) is 5.69 Å². The van der Waals surface area contributed by atoms with Crippen LogP contribution in [0.25, 0.3) is 0 Å². The van der Waals surface area contributed by atoms with Crippen LogP contribution < -0.4 is 20.5 Å². The standard InChI is InChI=1S/C21H26N4O3/c1-28-19-4-2-3-16(9-19)11-22-21(27)17-7-8-24(14-17)18-10-20(26)25(23-12-18)13-15-5-6-15/h2-4,9-10,12,15,17H,5-8,11,13-14H2,1H3,(H,22,27). The van der Waals surface area contributed by atoms with Crippen LogP contribution >= 0.6 is 0 Å². The van der Waals surface area contributed by atoms with Gasteiger partial charge in [-0.3, -0.25) is 9.59 Å². The highest BCUT2D eigenvalue weighted by molar-refractivity contribution is 5.80. The number of anilines is 1. The molecule has 0 radical (unpaired) electrons. The number of rotatable bonds is 7. The highest BCUT2D eigenvalue weighted by Crippen LogP contribution is 2.30. The number of nitrogens with zero attached hydrogens (tertiary/aromatic N) is 3. The molecule has 2 aromatic rings. The number of ether oxygens (including phenoxy) is 1. The largest absolute Gasteiger partial charge is 0.497 e. The fraction of sp³-hybridized carbons (Fsp3) is 0.476. The molecule has 1 amide bonds. The predicted octanol–water partition coefficient (Wildman–Crippen LogP) is 1.80. The molecular formula is C21H26N4O3. The van der Waals surface area contributed by atoms with Gasteiger partial charge in [-0.15, -0.1) is 0 Å². The van der Waals surface area contributed by atoms with Gasteiger partial charge in [0.1, 0.15) is 5.75 Å². The van der Waals surface area contributed by atoms with Gasteiger partial charge in [0.05, 0.1) is 24.9 Å². The topological polar surface area (TPSA) is 76.5 Å². The fourth-order valence-electron chi connectivity index (χ4n) is 3.60. The van der Waals surface area contributed by atoms with Crippen molar-refractivity contribution in [1.82, 2.24) is 15.1 Å². The maximum absolute atomic E-state index is 12.5. The van der Waals surface area contributed by atoms with Gasteiger partial charge in [0.15, 0.2) is 0 Å². The van der Waals surface area contributed by atoms with Crippen molar-refractivity contribution in [3.63, 3.8) is 0 Å².